The highest BCUT2D eigenvalue weighted by Gasteiger charge is 2.33. The predicted molar refractivity (Wildman–Crippen MR) is 149 cm³/mol. The van der Waals surface area contributed by atoms with Crippen molar-refractivity contribution >= 4 is 78.9 Å². The summed E-state index contributed by atoms with van der Waals surface area (Å²) in [6, 6.07) is 15.6. The molecule has 0 aliphatic carbocycles. The summed E-state index contributed by atoms with van der Waals surface area (Å²) >= 11 is 26.2. The minimum Gasteiger partial charge on any atom is -0.256 e. The van der Waals surface area contributed by atoms with Crippen molar-refractivity contribution in [2.24, 2.45) is 0 Å². The van der Waals surface area contributed by atoms with Gasteiger partial charge >= 0.3 is 0 Å². The van der Waals surface area contributed by atoms with Gasteiger partial charge in [0, 0.05) is 29.2 Å². The first-order valence-corrected chi connectivity index (χ1v) is 14.8. The molecule has 4 aromatic rings. The van der Waals surface area contributed by atoms with Crippen molar-refractivity contribution in [3.63, 3.8) is 0 Å². The fraction of sp³-hybridized carbons (Fsp3) is 0.200. The molecular weight excluding hydrogens is 566 g/mol. The van der Waals surface area contributed by atoms with Crippen LogP contribution in [0.25, 0.3) is 22.0 Å². The highest BCUT2D eigenvalue weighted by molar-refractivity contribution is 7.98. The maximum absolute atomic E-state index is 12.6. The molecule has 0 atom stereocenters. The van der Waals surface area contributed by atoms with Gasteiger partial charge in [0.25, 0.3) is 0 Å². The number of benzene rings is 2. The van der Waals surface area contributed by atoms with Crippen LogP contribution in [0.5, 0.6) is 0 Å². The van der Waals surface area contributed by atoms with Crippen molar-refractivity contribution in [3.05, 3.63) is 86.2 Å². The summed E-state index contributed by atoms with van der Waals surface area (Å²) < 4.78 is 24.0. The molecule has 0 fully saturated rings. The molecule has 0 aliphatic heterocycles. The van der Waals surface area contributed by atoms with Crippen LogP contribution in [-0.2, 0) is 20.3 Å². The van der Waals surface area contributed by atoms with Gasteiger partial charge in [0.2, 0.25) is 0 Å². The second-order valence-corrected chi connectivity index (χ2v) is 13.5. The quantitative estimate of drug-likeness (QED) is 0.168. The third-order valence-corrected chi connectivity index (χ3v) is 10.9. The van der Waals surface area contributed by atoms with Gasteiger partial charge in [-0.05, 0) is 48.7 Å². The van der Waals surface area contributed by atoms with Gasteiger partial charge in [0.1, 0.15) is 0 Å². The molecule has 0 saturated carbocycles. The van der Waals surface area contributed by atoms with Crippen LogP contribution in [0.2, 0.25) is 20.4 Å². The topological polar surface area (TPSA) is 59.9 Å². The molecule has 0 amide bonds. The van der Waals surface area contributed by atoms with Gasteiger partial charge in [0.05, 0.1) is 25.2 Å². The van der Waals surface area contributed by atoms with E-state index in [4.69, 9.17) is 46.4 Å². The number of halogens is 4. The molecule has 0 N–H and O–H groups in total. The number of rotatable bonds is 6. The first kappa shape index (κ1) is 26.5. The molecule has 0 radical (unpaired) electrons. The van der Waals surface area contributed by atoms with E-state index in [-0.39, 0.29) is 20.4 Å². The van der Waals surface area contributed by atoms with Crippen LogP contribution in [-0.4, -0.2) is 24.6 Å². The van der Waals surface area contributed by atoms with Gasteiger partial charge in [-0.3, -0.25) is 4.98 Å². The summed E-state index contributed by atoms with van der Waals surface area (Å²) in [6.45, 7) is 3.43. The second-order valence-electron chi connectivity index (χ2n) is 8.52. The number of thioether (sulfide) groups is 1. The van der Waals surface area contributed by atoms with Crippen molar-refractivity contribution < 1.29 is 8.42 Å². The molecule has 2 aromatic carbocycles. The maximum Gasteiger partial charge on any atom is 0.156 e. The minimum atomic E-state index is -3.36. The molecule has 4 rings (SSSR count). The largest absolute Gasteiger partial charge is 0.256 e. The average molecular weight is 586 g/mol. The van der Waals surface area contributed by atoms with Gasteiger partial charge in [-0.2, -0.15) is 0 Å². The maximum atomic E-state index is 12.6. The molecule has 0 saturated heterocycles. The number of sulfone groups is 1. The predicted octanol–water partition coefficient (Wildman–Crippen LogP) is 8.48. The third-order valence-electron chi connectivity index (χ3n) is 5.91. The van der Waals surface area contributed by atoms with E-state index in [0.717, 1.165) is 27.6 Å². The Balaban J connectivity index is 1.77. The number of pyridine rings is 2. The molecule has 10 heteroatoms. The lowest BCUT2D eigenvalue weighted by molar-refractivity contribution is 0.561. The smallest absolute Gasteiger partial charge is 0.156 e. The average Bonchev–Trinajstić information content (AvgIpc) is 2.81. The van der Waals surface area contributed by atoms with E-state index in [1.165, 1.54) is 18.0 Å². The van der Waals surface area contributed by atoms with Gasteiger partial charge in [-0.1, -0.05) is 76.7 Å². The minimum absolute atomic E-state index is 0.0974. The molecule has 182 valence electrons. The van der Waals surface area contributed by atoms with Crippen molar-refractivity contribution in [2.45, 2.75) is 29.2 Å². The second kappa shape index (κ2) is 10.1. The number of hydrogen-bond donors (Lipinski definition) is 0. The summed E-state index contributed by atoms with van der Waals surface area (Å²) in [5.41, 5.74) is 4.27. The number of nitrogens with zero attached hydrogens (tertiary/aromatic N) is 2. The molecular formula is C25H20Cl4N2O2S2. The molecule has 0 aliphatic rings. The Bertz CT molecular complexity index is 1530. The van der Waals surface area contributed by atoms with Crippen LogP contribution < -0.4 is 0 Å². The monoisotopic (exact) mass is 584 g/mol. The van der Waals surface area contributed by atoms with E-state index in [1.54, 1.807) is 20.0 Å². The molecule has 4 nitrogen and oxygen atoms in total. The van der Waals surface area contributed by atoms with E-state index in [0.29, 0.717) is 16.2 Å². The highest BCUT2D eigenvalue weighted by Crippen LogP contribution is 2.42. The van der Waals surface area contributed by atoms with Gasteiger partial charge in [-0.25, -0.2) is 13.4 Å². The molecule has 0 bridgehead atoms. The molecule has 0 spiro atoms. The SMILES string of the molecule is CC(C)(c1cc(-c2cccc(CSc3c(Cl)c(Cl)nc(Cl)c3Cl)c2)c2ncccc2c1)S(C)(=O)=O. The van der Waals surface area contributed by atoms with Crippen LogP contribution in [0.1, 0.15) is 25.0 Å². The molecule has 0 unspecified atom stereocenters. The lowest BCUT2D eigenvalue weighted by Gasteiger charge is -2.24. The van der Waals surface area contributed by atoms with Crippen LogP contribution in [0.4, 0.5) is 0 Å². The number of fused-ring (bicyclic) bond motifs is 1. The van der Waals surface area contributed by atoms with Gasteiger partial charge < -0.3 is 0 Å². The lowest BCUT2D eigenvalue weighted by atomic mass is 9.93. The Morgan fingerprint density at radius 3 is 2.29 bits per heavy atom. The van der Waals surface area contributed by atoms with Crippen LogP contribution in [0.15, 0.2) is 59.6 Å². The Hall–Kier alpha value is -1.54. The fourth-order valence-electron chi connectivity index (χ4n) is 3.55. The zero-order valence-corrected chi connectivity index (χ0v) is 23.6. The van der Waals surface area contributed by atoms with Crippen molar-refractivity contribution in [1.29, 1.82) is 0 Å². The summed E-state index contributed by atoms with van der Waals surface area (Å²) in [4.78, 5) is 9.07. The molecule has 35 heavy (non-hydrogen) atoms. The zero-order chi connectivity index (χ0) is 25.5. The molecule has 2 heterocycles. The standard InChI is InChI=1S/C25H20Cl4N2O2S2/c1-25(2,35(3,32)33)17-11-16-8-5-9-30-21(16)18(12-17)15-7-4-6-14(10-15)13-34-22-19(26)23(28)31-24(29)20(22)27/h4-12H,13H2,1-3H3. The van der Waals surface area contributed by atoms with Crippen LogP contribution in [0.3, 0.4) is 0 Å². The van der Waals surface area contributed by atoms with Crippen LogP contribution >= 0.6 is 58.2 Å². The van der Waals surface area contributed by atoms with E-state index in [9.17, 15) is 8.42 Å². The molecule has 2 aromatic heterocycles. The highest BCUT2D eigenvalue weighted by atomic mass is 35.5. The van der Waals surface area contributed by atoms with Gasteiger partial charge in [0.15, 0.2) is 20.1 Å². The van der Waals surface area contributed by atoms with E-state index >= 15 is 0 Å². The van der Waals surface area contributed by atoms with Crippen molar-refractivity contribution in [2.75, 3.05) is 6.26 Å². The summed E-state index contributed by atoms with van der Waals surface area (Å²) in [5, 5.41) is 1.58. The van der Waals surface area contributed by atoms with Crippen LogP contribution in [0, 0.1) is 0 Å². The number of hydrogen-bond acceptors (Lipinski definition) is 5. The Kier molecular flexibility index (Phi) is 7.64. The van der Waals surface area contributed by atoms with E-state index in [1.807, 2.05) is 48.5 Å². The Labute approximate surface area is 228 Å². The summed E-state index contributed by atoms with van der Waals surface area (Å²) in [6.07, 6.45) is 2.99. The van der Waals surface area contributed by atoms with Gasteiger partial charge in [-0.15, -0.1) is 11.8 Å². The van der Waals surface area contributed by atoms with Crippen molar-refractivity contribution in [3.8, 4) is 11.1 Å². The van der Waals surface area contributed by atoms with E-state index in [2.05, 4.69) is 9.97 Å². The Morgan fingerprint density at radius 1 is 0.943 bits per heavy atom. The zero-order valence-electron chi connectivity index (χ0n) is 18.9. The summed E-state index contributed by atoms with van der Waals surface area (Å²) in [7, 11) is -3.36. The summed E-state index contributed by atoms with van der Waals surface area (Å²) in [5.74, 6) is 0.545. The third kappa shape index (κ3) is 5.29. The van der Waals surface area contributed by atoms with E-state index < -0.39 is 14.6 Å². The first-order valence-electron chi connectivity index (χ1n) is 10.4. The number of aromatic nitrogens is 2. The lowest BCUT2D eigenvalue weighted by Crippen LogP contribution is -2.28. The first-order chi connectivity index (χ1) is 16.4. The fourth-order valence-corrected chi connectivity index (χ4v) is 6.20. The van der Waals surface area contributed by atoms with Crippen molar-refractivity contribution in [1.82, 2.24) is 9.97 Å². The Morgan fingerprint density at radius 2 is 1.63 bits per heavy atom. The normalized spacial score (nSPS) is 12.3.